The minimum Gasteiger partial charge on any atom is -0.316 e. The third-order valence-corrected chi connectivity index (χ3v) is 5.46. The summed E-state index contributed by atoms with van der Waals surface area (Å²) in [6, 6.07) is 21.8. The van der Waals surface area contributed by atoms with Gasteiger partial charge in [-0.25, -0.2) is 0 Å². The number of nitrogens with one attached hydrogen (secondary N) is 1. The Kier molecular flexibility index (Phi) is 14.7. The van der Waals surface area contributed by atoms with Crippen LogP contribution in [-0.2, 0) is 0 Å². The van der Waals surface area contributed by atoms with E-state index in [1.54, 1.807) is 0 Å². The number of unbranched alkanes of at least 4 members (excludes halogenated alkanes) is 9. The molecule has 2 heteroatoms. The molecule has 2 aromatic carbocycles. The molecule has 2 rings (SSSR count). The van der Waals surface area contributed by atoms with Crippen molar-refractivity contribution in [2.75, 3.05) is 13.1 Å². The molecule has 0 saturated carbocycles. The molecule has 2 aromatic rings. The molecule has 1 N–H and O–H groups in total. The molecule has 1 nitrogen and oxygen atoms in total. The molecule has 0 fully saturated rings. The van der Waals surface area contributed by atoms with Crippen LogP contribution >= 0.6 is 12.4 Å². The Hall–Kier alpha value is -1.31. The topological polar surface area (TPSA) is 12.0 Å². The van der Waals surface area contributed by atoms with E-state index in [1.165, 1.54) is 75.3 Å². The molecule has 0 bridgehead atoms. The third-order valence-electron chi connectivity index (χ3n) is 5.46. The zero-order valence-corrected chi connectivity index (χ0v) is 18.6. The monoisotopic (exact) mass is 401 g/mol. The lowest BCUT2D eigenvalue weighted by Crippen LogP contribution is -2.23. The van der Waals surface area contributed by atoms with Gasteiger partial charge in [-0.15, -0.1) is 12.4 Å². The molecule has 0 aliphatic rings. The van der Waals surface area contributed by atoms with E-state index in [1.807, 2.05) is 0 Å². The molecule has 0 aromatic heterocycles. The van der Waals surface area contributed by atoms with Crippen molar-refractivity contribution < 1.29 is 0 Å². The van der Waals surface area contributed by atoms with E-state index in [0.29, 0.717) is 5.92 Å². The molecule has 0 atom stereocenters. The van der Waals surface area contributed by atoms with Crippen LogP contribution in [0.5, 0.6) is 0 Å². The van der Waals surface area contributed by atoms with Crippen LogP contribution in [0.15, 0.2) is 60.7 Å². The van der Waals surface area contributed by atoms with Crippen molar-refractivity contribution in [3.8, 4) is 0 Å². The zero-order valence-electron chi connectivity index (χ0n) is 17.7. The largest absolute Gasteiger partial charge is 0.316 e. The van der Waals surface area contributed by atoms with Crippen molar-refractivity contribution in [2.45, 2.75) is 77.0 Å². The highest BCUT2D eigenvalue weighted by atomic mass is 35.5. The number of halogens is 1. The summed E-state index contributed by atoms with van der Waals surface area (Å²) < 4.78 is 0. The van der Waals surface area contributed by atoms with E-state index in [-0.39, 0.29) is 12.4 Å². The van der Waals surface area contributed by atoms with Gasteiger partial charge in [0.15, 0.2) is 0 Å². The summed E-state index contributed by atoms with van der Waals surface area (Å²) in [6.07, 6.45) is 14.0. The highest BCUT2D eigenvalue weighted by Crippen LogP contribution is 2.23. The summed E-state index contributed by atoms with van der Waals surface area (Å²) in [4.78, 5) is 0. The number of rotatable bonds is 15. The van der Waals surface area contributed by atoms with Crippen LogP contribution in [0.1, 0.15) is 88.2 Å². The first kappa shape index (κ1) is 24.7. The van der Waals surface area contributed by atoms with Crippen molar-refractivity contribution >= 4 is 12.4 Å². The van der Waals surface area contributed by atoms with Crippen LogP contribution in [-0.4, -0.2) is 13.1 Å². The van der Waals surface area contributed by atoms with Gasteiger partial charge in [0.25, 0.3) is 0 Å². The number of hydrogen-bond donors (Lipinski definition) is 1. The third kappa shape index (κ3) is 10.3. The van der Waals surface area contributed by atoms with Crippen LogP contribution < -0.4 is 5.32 Å². The lowest BCUT2D eigenvalue weighted by atomic mass is 9.91. The van der Waals surface area contributed by atoms with Crippen molar-refractivity contribution in [1.82, 2.24) is 5.32 Å². The van der Waals surface area contributed by atoms with Gasteiger partial charge >= 0.3 is 0 Å². The van der Waals surface area contributed by atoms with Gasteiger partial charge in [-0.05, 0) is 24.1 Å². The van der Waals surface area contributed by atoms with E-state index in [0.717, 1.165) is 13.1 Å². The Labute approximate surface area is 179 Å². The second-order valence-electron chi connectivity index (χ2n) is 7.76. The highest BCUT2D eigenvalue weighted by molar-refractivity contribution is 5.85. The second kappa shape index (κ2) is 16.6. The summed E-state index contributed by atoms with van der Waals surface area (Å²) in [5, 5.41) is 3.71. The van der Waals surface area contributed by atoms with Gasteiger partial charge in [-0.2, -0.15) is 0 Å². The smallest absolute Gasteiger partial charge is 0.0214 e. The maximum absolute atomic E-state index is 3.71. The molecular weight excluding hydrogens is 362 g/mol. The minimum atomic E-state index is 0. The first-order valence-corrected chi connectivity index (χ1v) is 11.2. The molecule has 0 amide bonds. The molecule has 0 saturated heterocycles. The highest BCUT2D eigenvalue weighted by Gasteiger charge is 2.12. The average Bonchev–Trinajstić information content (AvgIpc) is 2.73. The van der Waals surface area contributed by atoms with Crippen molar-refractivity contribution in [2.24, 2.45) is 0 Å². The van der Waals surface area contributed by atoms with Crippen molar-refractivity contribution in [1.29, 1.82) is 0 Å². The summed E-state index contributed by atoms with van der Waals surface area (Å²) >= 11 is 0. The molecule has 0 unspecified atom stereocenters. The molecule has 0 aliphatic heterocycles. The summed E-state index contributed by atoms with van der Waals surface area (Å²) in [5.41, 5.74) is 2.80. The Bertz CT molecular complexity index is 530. The van der Waals surface area contributed by atoms with E-state index in [4.69, 9.17) is 0 Å². The quantitative estimate of drug-likeness (QED) is 0.301. The Morgan fingerprint density at radius 2 is 1.04 bits per heavy atom. The molecule has 28 heavy (non-hydrogen) atoms. The van der Waals surface area contributed by atoms with Crippen molar-refractivity contribution in [3.63, 3.8) is 0 Å². The predicted molar refractivity (Wildman–Crippen MR) is 127 cm³/mol. The maximum atomic E-state index is 3.71. The standard InChI is InChI=1S/C26H39N.ClH/c1-2-3-4-5-6-7-8-9-10-17-22-27-23-26(24-18-13-11-14-19-24)25-20-15-12-16-21-25;/h11-16,18-21,26-27H,2-10,17,22-23H2,1H3;1H. The van der Waals surface area contributed by atoms with Crippen LogP contribution in [0, 0.1) is 0 Å². The van der Waals surface area contributed by atoms with Gasteiger partial charge in [-0.3, -0.25) is 0 Å². The van der Waals surface area contributed by atoms with Gasteiger partial charge in [-0.1, -0.05) is 125 Å². The first-order chi connectivity index (χ1) is 13.4. The Morgan fingerprint density at radius 1 is 0.607 bits per heavy atom. The first-order valence-electron chi connectivity index (χ1n) is 11.2. The zero-order chi connectivity index (χ0) is 19.0. The van der Waals surface area contributed by atoms with E-state index in [9.17, 15) is 0 Å². The predicted octanol–water partition coefficient (Wildman–Crippen LogP) is 7.75. The molecular formula is C26H40ClN. The molecule has 156 valence electrons. The SMILES string of the molecule is CCCCCCCCCCCCNCC(c1ccccc1)c1ccccc1.Cl. The molecule has 0 spiro atoms. The molecule has 0 aliphatic carbocycles. The fraction of sp³-hybridized carbons (Fsp3) is 0.538. The van der Waals surface area contributed by atoms with Gasteiger partial charge in [0.05, 0.1) is 0 Å². The number of hydrogen-bond acceptors (Lipinski definition) is 1. The van der Waals surface area contributed by atoms with E-state index >= 15 is 0 Å². The second-order valence-corrected chi connectivity index (χ2v) is 7.76. The normalized spacial score (nSPS) is 10.8. The minimum absolute atomic E-state index is 0. The molecule has 0 heterocycles. The maximum Gasteiger partial charge on any atom is 0.0214 e. The summed E-state index contributed by atoms with van der Waals surface area (Å²) in [5.74, 6) is 0.440. The lowest BCUT2D eigenvalue weighted by molar-refractivity contribution is 0.539. The van der Waals surface area contributed by atoms with Gasteiger partial charge in [0, 0.05) is 12.5 Å². The Morgan fingerprint density at radius 3 is 1.50 bits per heavy atom. The van der Waals surface area contributed by atoms with Gasteiger partial charge < -0.3 is 5.32 Å². The van der Waals surface area contributed by atoms with Gasteiger partial charge in [0.1, 0.15) is 0 Å². The number of benzene rings is 2. The van der Waals surface area contributed by atoms with Crippen LogP contribution in [0.25, 0.3) is 0 Å². The van der Waals surface area contributed by atoms with Crippen LogP contribution in [0.2, 0.25) is 0 Å². The van der Waals surface area contributed by atoms with Crippen LogP contribution in [0.4, 0.5) is 0 Å². The van der Waals surface area contributed by atoms with Crippen molar-refractivity contribution in [3.05, 3.63) is 71.8 Å². The fourth-order valence-corrected chi connectivity index (χ4v) is 3.78. The average molecular weight is 402 g/mol. The van der Waals surface area contributed by atoms with Crippen LogP contribution in [0.3, 0.4) is 0 Å². The Balaban J connectivity index is 0.00000392. The lowest BCUT2D eigenvalue weighted by Gasteiger charge is -2.19. The van der Waals surface area contributed by atoms with Gasteiger partial charge in [0.2, 0.25) is 0 Å². The van der Waals surface area contributed by atoms with E-state index < -0.39 is 0 Å². The summed E-state index contributed by atoms with van der Waals surface area (Å²) in [6.45, 7) is 4.44. The van der Waals surface area contributed by atoms with E-state index in [2.05, 4.69) is 72.9 Å². The summed E-state index contributed by atoms with van der Waals surface area (Å²) in [7, 11) is 0. The molecule has 0 radical (unpaired) electrons. The fourth-order valence-electron chi connectivity index (χ4n) is 3.78.